The van der Waals surface area contributed by atoms with E-state index in [1.807, 2.05) is 65.5 Å². The van der Waals surface area contributed by atoms with Crippen molar-refractivity contribution in [3.05, 3.63) is 107 Å². The van der Waals surface area contributed by atoms with E-state index in [0.29, 0.717) is 23.7 Å². The number of amides is 3. The summed E-state index contributed by atoms with van der Waals surface area (Å²) in [5.74, 6) is -0.121. The van der Waals surface area contributed by atoms with E-state index in [4.69, 9.17) is 22.4 Å². The van der Waals surface area contributed by atoms with Crippen LogP contribution in [0.1, 0.15) is 21.5 Å². The highest BCUT2D eigenvalue weighted by Gasteiger charge is 2.18. The van der Waals surface area contributed by atoms with E-state index in [9.17, 15) is 9.59 Å². The summed E-state index contributed by atoms with van der Waals surface area (Å²) >= 11 is 6.07. The molecule has 1 aromatic heterocycles. The monoisotopic (exact) mass is 473 g/mol. The highest BCUT2D eigenvalue weighted by molar-refractivity contribution is 6.30. The van der Waals surface area contributed by atoms with Crippen LogP contribution in [0.2, 0.25) is 5.02 Å². The molecule has 0 aliphatic heterocycles. The Kier molecular flexibility index (Phi) is 6.94. The maximum Gasteiger partial charge on any atom is 0.312 e. The molecule has 4 aromatic rings. The molecule has 4 rings (SSSR count). The Labute approximate surface area is 202 Å². The molecule has 0 atom stereocenters. The lowest BCUT2D eigenvalue weighted by Crippen LogP contribution is -2.28. The molecule has 0 spiro atoms. The fourth-order valence-corrected chi connectivity index (χ4v) is 3.72. The summed E-state index contributed by atoms with van der Waals surface area (Å²) in [4.78, 5) is 25.6. The Hall–Kier alpha value is -4.10. The minimum Gasteiger partial charge on any atom is -0.352 e. The molecule has 34 heavy (non-hydrogen) atoms. The Bertz CT molecular complexity index is 1290. The van der Waals surface area contributed by atoms with Gasteiger partial charge in [-0.25, -0.2) is 9.48 Å². The normalized spacial score (nSPS) is 10.6. The molecule has 0 aliphatic rings. The summed E-state index contributed by atoms with van der Waals surface area (Å²) in [6, 6.07) is 23.8. The van der Waals surface area contributed by atoms with Crippen molar-refractivity contribution in [1.29, 1.82) is 0 Å². The summed E-state index contributed by atoms with van der Waals surface area (Å²) in [5, 5.41) is 7.98. The second-order valence-electron chi connectivity index (χ2n) is 7.87. The van der Waals surface area contributed by atoms with Gasteiger partial charge in [0.15, 0.2) is 0 Å². The van der Waals surface area contributed by atoms with Crippen LogP contribution in [0, 0.1) is 0 Å². The van der Waals surface area contributed by atoms with Crippen LogP contribution >= 0.6 is 11.6 Å². The zero-order chi connectivity index (χ0) is 24.1. The topological polar surface area (TPSA) is 93.2 Å². The van der Waals surface area contributed by atoms with E-state index in [0.717, 1.165) is 28.1 Å². The zero-order valence-electron chi connectivity index (χ0n) is 18.6. The summed E-state index contributed by atoms with van der Waals surface area (Å²) in [6.07, 6.45) is 1.95. The smallest absolute Gasteiger partial charge is 0.312 e. The largest absolute Gasteiger partial charge is 0.352 e. The maximum absolute atomic E-state index is 13.1. The van der Waals surface area contributed by atoms with Gasteiger partial charge in [0.2, 0.25) is 0 Å². The average Bonchev–Trinajstić information content (AvgIpc) is 3.27. The number of carbonyl (C=O) groups is 2. The molecule has 3 amide bonds. The summed E-state index contributed by atoms with van der Waals surface area (Å²) in [6.45, 7) is 0.678. The van der Waals surface area contributed by atoms with E-state index < -0.39 is 6.03 Å². The van der Waals surface area contributed by atoms with Crippen LogP contribution < -0.4 is 11.1 Å². The second kappa shape index (κ2) is 10.2. The van der Waals surface area contributed by atoms with Gasteiger partial charge in [-0.1, -0.05) is 54.1 Å². The Morgan fingerprint density at radius 3 is 2.32 bits per heavy atom. The highest BCUT2D eigenvalue weighted by atomic mass is 35.5. The molecule has 0 radical (unpaired) electrons. The quantitative estimate of drug-likeness (QED) is 0.409. The minimum atomic E-state index is -0.590. The molecule has 172 valence electrons. The number of primary amides is 1. The predicted molar refractivity (Wildman–Crippen MR) is 133 cm³/mol. The molecular formula is C26H24ClN5O2. The van der Waals surface area contributed by atoms with Gasteiger partial charge < -0.3 is 16.0 Å². The summed E-state index contributed by atoms with van der Waals surface area (Å²) < 4.78 is 1.82. The summed E-state index contributed by atoms with van der Waals surface area (Å²) in [7, 11) is 1.76. The predicted octanol–water partition coefficient (Wildman–Crippen LogP) is 4.63. The molecular weight excluding hydrogens is 450 g/mol. The van der Waals surface area contributed by atoms with Crippen molar-refractivity contribution in [2.24, 2.45) is 5.73 Å². The van der Waals surface area contributed by atoms with Crippen molar-refractivity contribution in [3.8, 4) is 16.9 Å². The van der Waals surface area contributed by atoms with Crippen LogP contribution in [0.15, 0.2) is 85.1 Å². The van der Waals surface area contributed by atoms with Crippen molar-refractivity contribution < 1.29 is 9.59 Å². The molecule has 0 saturated carbocycles. The maximum atomic E-state index is 13.1. The number of aromatic nitrogens is 2. The average molecular weight is 474 g/mol. The first kappa shape index (κ1) is 23.1. The molecule has 7 nitrogen and oxygen atoms in total. The number of nitrogens with two attached hydrogens (primary N) is 1. The summed E-state index contributed by atoms with van der Waals surface area (Å²) in [5.41, 5.74) is 10.0. The third-order valence-corrected chi connectivity index (χ3v) is 5.60. The van der Waals surface area contributed by atoms with E-state index in [2.05, 4.69) is 5.32 Å². The van der Waals surface area contributed by atoms with Crippen LogP contribution in [0.3, 0.4) is 0 Å². The van der Waals surface area contributed by atoms with Crippen LogP contribution in [0.5, 0.6) is 0 Å². The van der Waals surface area contributed by atoms with Crippen molar-refractivity contribution in [2.75, 3.05) is 7.05 Å². The van der Waals surface area contributed by atoms with Gasteiger partial charge in [0.05, 0.1) is 11.4 Å². The van der Waals surface area contributed by atoms with Crippen LogP contribution in [0.25, 0.3) is 16.9 Å². The first-order chi connectivity index (χ1) is 16.4. The van der Waals surface area contributed by atoms with E-state index in [1.54, 1.807) is 36.2 Å². The number of nitrogens with zero attached hydrogens (tertiary/aromatic N) is 3. The molecule has 0 bridgehead atoms. The lowest BCUT2D eigenvalue weighted by molar-refractivity contribution is 0.0785. The van der Waals surface area contributed by atoms with Gasteiger partial charge in [-0.15, -0.1) is 0 Å². The number of benzene rings is 3. The van der Waals surface area contributed by atoms with Crippen molar-refractivity contribution in [3.63, 3.8) is 0 Å². The Balaban J connectivity index is 1.58. The number of carbonyl (C=O) groups excluding carboxylic acids is 2. The van der Waals surface area contributed by atoms with E-state index >= 15 is 0 Å². The molecule has 3 N–H and O–H groups in total. The number of para-hydroxylation sites is 1. The number of nitrogens with one attached hydrogen (secondary N) is 1. The molecule has 3 aromatic carbocycles. The number of rotatable bonds is 7. The lowest BCUT2D eigenvalue weighted by Gasteiger charge is -2.17. The lowest BCUT2D eigenvalue weighted by atomic mass is 10.1. The SMILES string of the molecule is CN(Cc1cn(-c2ccccc2)nc1-c1ccc(Cl)cc1)C(=O)c1ccc(CNC(N)=O)cc1. The van der Waals surface area contributed by atoms with Crippen LogP contribution in [-0.2, 0) is 13.1 Å². The first-order valence-electron chi connectivity index (χ1n) is 10.7. The molecule has 0 unspecified atom stereocenters. The fourth-order valence-electron chi connectivity index (χ4n) is 3.59. The van der Waals surface area contributed by atoms with Crippen molar-refractivity contribution in [1.82, 2.24) is 20.0 Å². The Morgan fingerprint density at radius 2 is 1.68 bits per heavy atom. The number of urea groups is 1. The molecule has 0 fully saturated rings. The zero-order valence-corrected chi connectivity index (χ0v) is 19.4. The first-order valence-corrected chi connectivity index (χ1v) is 11.1. The van der Waals surface area contributed by atoms with Gasteiger partial charge in [-0.2, -0.15) is 5.10 Å². The fraction of sp³-hybridized carbons (Fsp3) is 0.115. The molecule has 1 heterocycles. The number of halogens is 1. The van der Waals surface area contributed by atoms with Gasteiger partial charge in [-0.05, 0) is 42.0 Å². The third-order valence-electron chi connectivity index (χ3n) is 5.35. The minimum absolute atomic E-state index is 0.121. The van der Waals surface area contributed by atoms with Gasteiger partial charge in [-0.3, -0.25) is 4.79 Å². The third kappa shape index (κ3) is 5.44. The highest BCUT2D eigenvalue weighted by Crippen LogP contribution is 2.26. The van der Waals surface area contributed by atoms with Crippen molar-refractivity contribution in [2.45, 2.75) is 13.1 Å². The molecule has 8 heteroatoms. The van der Waals surface area contributed by atoms with E-state index in [1.165, 1.54) is 0 Å². The number of hydrogen-bond donors (Lipinski definition) is 2. The molecule has 0 saturated heterocycles. The van der Waals surface area contributed by atoms with Gasteiger partial charge in [0, 0.05) is 48.0 Å². The number of hydrogen-bond acceptors (Lipinski definition) is 3. The van der Waals surface area contributed by atoms with E-state index in [-0.39, 0.29) is 5.91 Å². The van der Waals surface area contributed by atoms with Gasteiger partial charge in [0.1, 0.15) is 0 Å². The van der Waals surface area contributed by atoms with Gasteiger partial charge >= 0.3 is 6.03 Å². The second-order valence-corrected chi connectivity index (χ2v) is 8.30. The van der Waals surface area contributed by atoms with Crippen molar-refractivity contribution >= 4 is 23.5 Å². The Morgan fingerprint density at radius 1 is 1.00 bits per heavy atom. The van der Waals surface area contributed by atoms with Gasteiger partial charge in [0.25, 0.3) is 5.91 Å². The molecule has 0 aliphatic carbocycles. The van der Waals surface area contributed by atoms with Crippen LogP contribution in [-0.4, -0.2) is 33.7 Å². The van der Waals surface area contributed by atoms with Crippen LogP contribution in [0.4, 0.5) is 4.79 Å². The standard InChI is InChI=1S/C26H24ClN5O2/c1-31(25(33)20-9-7-18(8-10-20)15-29-26(28)34)16-21-17-32(23-5-3-2-4-6-23)30-24(21)19-11-13-22(27)14-12-19/h2-14,17H,15-16H2,1H3,(H3,28,29,34).